The molecule has 3 rings (SSSR count). The van der Waals surface area contributed by atoms with Gasteiger partial charge in [-0.15, -0.1) is 0 Å². The Hall–Kier alpha value is -3.43. The highest BCUT2D eigenvalue weighted by Crippen LogP contribution is 2.32. The molecule has 30 heavy (non-hydrogen) atoms. The lowest BCUT2D eigenvalue weighted by molar-refractivity contribution is -0.384. The van der Waals surface area contributed by atoms with E-state index in [0.717, 1.165) is 25.9 Å². The Morgan fingerprint density at radius 1 is 1.20 bits per heavy atom. The fourth-order valence-corrected chi connectivity index (χ4v) is 3.36. The number of nitro benzene ring substituents is 1. The Bertz CT molecular complexity index is 949. The number of carbonyl (C=O) groups excluding carboxylic acids is 2. The van der Waals surface area contributed by atoms with Gasteiger partial charge in [0.2, 0.25) is 0 Å². The molecule has 1 N–H and O–H groups in total. The molecule has 0 aliphatic carbocycles. The van der Waals surface area contributed by atoms with Crippen LogP contribution in [0.3, 0.4) is 0 Å². The molecule has 0 unspecified atom stereocenters. The fraction of sp³-hybridized carbons (Fsp3) is 0.450. The van der Waals surface area contributed by atoms with Gasteiger partial charge in [0.25, 0.3) is 11.6 Å². The number of nitrogens with zero attached hydrogens (tertiary/aromatic N) is 4. The second-order valence-corrected chi connectivity index (χ2v) is 7.45. The van der Waals surface area contributed by atoms with E-state index in [2.05, 4.69) is 10.4 Å². The number of carbonyl (C=O) groups is 2. The fourth-order valence-electron chi connectivity index (χ4n) is 3.36. The lowest BCUT2D eigenvalue weighted by Crippen LogP contribution is -2.31. The SMILES string of the molecule is CC(C)n1nccc1NC(=O)[C@H](C)OC(=O)c1ccc(N2CCCC2)c([N+](=O)[O-])c1. The van der Waals surface area contributed by atoms with E-state index < -0.39 is 22.9 Å². The van der Waals surface area contributed by atoms with Crippen LogP contribution < -0.4 is 10.2 Å². The maximum absolute atomic E-state index is 12.5. The monoisotopic (exact) mass is 415 g/mol. The largest absolute Gasteiger partial charge is 0.449 e. The van der Waals surface area contributed by atoms with Crippen LogP contribution in [0.4, 0.5) is 17.2 Å². The summed E-state index contributed by atoms with van der Waals surface area (Å²) in [6.07, 6.45) is 2.42. The van der Waals surface area contributed by atoms with E-state index in [-0.39, 0.29) is 17.3 Å². The molecule has 1 amide bonds. The van der Waals surface area contributed by atoms with Crippen molar-refractivity contribution in [1.82, 2.24) is 9.78 Å². The molecule has 1 aliphatic heterocycles. The molecule has 10 heteroatoms. The van der Waals surface area contributed by atoms with Crippen molar-refractivity contribution < 1.29 is 19.2 Å². The highest BCUT2D eigenvalue weighted by molar-refractivity contribution is 5.97. The average molecular weight is 415 g/mol. The van der Waals surface area contributed by atoms with Gasteiger partial charge in [-0.3, -0.25) is 14.9 Å². The van der Waals surface area contributed by atoms with Crippen LogP contribution in [0.25, 0.3) is 0 Å². The normalized spacial score (nSPS) is 14.6. The van der Waals surface area contributed by atoms with Gasteiger partial charge in [0.15, 0.2) is 6.10 Å². The van der Waals surface area contributed by atoms with Crippen LogP contribution >= 0.6 is 0 Å². The molecule has 0 bridgehead atoms. The average Bonchev–Trinajstić information content (AvgIpc) is 3.39. The summed E-state index contributed by atoms with van der Waals surface area (Å²) in [6.45, 7) is 6.77. The van der Waals surface area contributed by atoms with Crippen LogP contribution in [0.15, 0.2) is 30.5 Å². The van der Waals surface area contributed by atoms with Crippen molar-refractivity contribution in [2.24, 2.45) is 0 Å². The first kappa shape index (κ1) is 21.3. The molecular formula is C20H25N5O5. The van der Waals surface area contributed by atoms with Gasteiger partial charge in [0.05, 0.1) is 16.7 Å². The summed E-state index contributed by atoms with van der Waals surface area (Å²) >= 11 is 0. The Labute approximate surface area is 174 Å². The second kappa shape index (κ2) is 8.93. The number of nitrogens with one attached hydrogen (secondary N) is 1. The molecule has 1 saturated heterocycles. The van der Waals surface area contributed by atoms with Gasteiger partial charge in [-0.05, 0) is 45.7 Å². The summed E-state index contributed by atoms with van der Waals surface area (Å²) < 4.78 is 6.86. The molecule has 160 valence electrons. The van der Waals surface area contributed by atoms with Gasteiger partial charge in [-0.1, -0.05) is 0 Å². The van der Waals surface area contributed by atoms with Crippen LogP contribution in [0.2, 0.25) is 0 Å². The number of hydrogen-bond donors (Lipinski definition) is 1. The summed E-state index contributed by atoms with van der Waals surface area (Å²) in [5, 5.41) is 18.3. The quantitative estimate of drug-likeness (QED) is 0.419. The molecule has 1 aromatic carbocycles. The van der Waals surface area contributed by atoms with E-state index in [4.69, 9.17) is 4.74 Å². The topological polar surface area (TPSA) is 120 Å². The van der Waals surface area contributed by atoms with E-state index in [1.54, 1.807) is 23.0 Å². The van der Waals surface area contributed by atoms with Gasteiger partial charge >= 0.3 is 5.97 Å². The van der Waals surface area contributed by atoms with Crippen LogP contribution in [-0.4, -0.2) is 45.8 Å². The number of esters is 1. The van der Waals surface area contributed by atoms with Crippen molar-refractivity contribution in [3.8, 4) is 0 Å². The summed E-state index contributed by atoms with van der Waals surface area (Å²) in [7, 11) is 0. The number of aromatic nitrogens is 2. The third-order valence-corrected chi connectivity index (χ3v) is 4.92. The minimum absolute atomic E-state index is 0.0246. The van der Waals surface area contributed by atoms with E-state index >= 15 is 0 Å². The number of hydrogen-bond acceptors (Lipinski definition) is 7. The maximum atomic E-state index is 12.5. The zero-order chi connectivity index (χ0) is 21.8. The Balaban J connectivity index is 1.70. The summed E-state index contributed by atoms with van der Waals surface area (Å²) in [5.74, 6) is -0.830. The minimum Gasteiger partial charge on any atom is -0.449 e. The lowest BCUT2D eigenvalue weighted by Gasteiger charge is -2.18. The summed E-state index contributed by atoms with van der Waals surface area (Å²) in [5.41, 5.74) is 0.364. The number of ether oxygens (including phenoxy) is 1. The van der Waals surface area contributed by atoms with Crippen LogP contribution in [0, 0.1) is 10.1 Å². The molecule has 2 heterocycles. The second-order valence-electron chi connectivity index (χ2n) is 7.45. The summed E-state index contributed by atoms with van der Waals surface area (Å²) in [6, 6.07) is 5.94. The zero-order valence-electron chi connectivity index (χ0n) is 17.2. The molecule has 1 fully saturated rings. The summed E-state index contributed by atoms with van der Waals surface area (Å²) in [4.78, 5) is 37.8. The predicted molar refractivity (Wildman–Crippen MR) is 111 cm³/mol. The van der Waals surface area contributed by atoms with Crippen molar-refractivity contribution in [3.05, 3.63) is 46.1 Å². The van der Waals surface area contributed by atoms with E-state index in [1.807, 2.05) is 18.7 Å². The first-order chi connectivity index (χ1) is 14.3. The first-order valence-corrected chi connectivity index (χ1v) is 9.86. The van der Waals surface area contributed by atoms with Crippen molar-refractivity contribution in [1.29, 1.82) is 0 Å². The predicted octanol–water partition coefficient (Wildman–Crippen LogP) is 3.16. The minimum atomic E-state index is -1.09. The standard InChI is InChI=1S/C20H25N5O5/c1-13(2)24-18(8-9-21-24)22-19(26)14(3)30-20(27)15-6-7-16(17(12-15)25(28)29)23-10-4-5-11-23/h6-9,12-14H,4-5,10-11H2,1-3H3,(H,22,26)/t14-/m0/s1. The van der Waals surface area contributed by atoms with Gasteiger partial charge in [-0.2, -0.15) is 5.10 Å². The van der Waals surface area contributed by atoms with Crippen molar-refractivity contribution >= 4 is 29.1 Å². The first-order valence-electron chi connectivity index (χ1n) is 9.86. The van der Waals surface area contributed by atoms with Gasteiger partial charge in [0, 0.05) is 31.3 Å². The van der Waals surface area contributed by atoms with Gasteiger partial charge < -0.3 is 15.0 Å². The number of nitro groups is 1. The molecule has 1 aromatic heterocycles. The van der Waals surface area contributed by atoms with Crippen LogP contribution in [-0.2, 0) is 9.53 Å². The van der Waals surface area contributed by atoms with Crippen LogP contribution in [0.1, 0.15) is 50.0 Å². The Kier molecular flexibility index (Phi) is 6.34. The molecule has 1 atom stereocenters. The number of rotatable bonds is 7. The van der Waals surface area contributed by atoms with Crippen molar-refractivity contribution in [2.45, 2.75) is 45.8 Å². The highest BCUT2D eigenvalue weighted by atomic mass is 16.6. The molecule has 0 spiro atoms. The van der Waals surface area contributed by atoms with E-state index in [0.29, 0.717) is 11.5 Å². The van der Waals surface area contributed by atoms with E-state index in [1.165, 1.54) is 19.1 Å². The molecule has 0 radical (unpaired) electrons. The van der Waals surface area contributed by atoms with E-state index in [9.17, 15) is 19.7 Å². The maximum Gasteiger partial charge on any atom is 0.339 e. The molecular weight excluding hydrogens is 390 g/mol. The molecule has 0 saturated carbocycles. The molecule has 10 nitrogen and oxygen atoms in total. The Morgan fingerprint density at radius 2 is 1.90 bits per heavy atom. The Morgan fingerprint density at radius 3 is 2.53 bits per heavy atom. The lowest BCUT2D eigenvalue weighted by atomic mass is 10.1. The third-order valence-electron chi connectivity index (χ3n) is 4.92. The smallest absolute Gasteiger partial charge is 0.339 e. The zero-order valence-corrected chi connectivity index (χ0v) is 17.2. The number of amides is 1. The molecule has 2 aromatic rings. The number of benzene rings is 1. The third kappa shape index (κ3) is 4.58. The highest BCUT2D eigenvalue weighted by Gasteiger charge is 2.26. The van der Waals surface area contributed by atoms with Gasteiger partial charge in [0.1, 0.15) is 11.5 Å². The molecule has 1 aliphatic rings. The van der Waals surface area contributed by atoms with Crippen molar-refractivity contribution in [3.63, 3.8) is 0 Å². The van der Waals surface area contributed by atoms with Gasteiger partial charge in [-0.25, -0.2) is 9.48 Å². The number of anilines is 2. The van der Waals surface area contributed by atoms with Crippen molar-refractivity contribution in [2.75, 3.05) is 23.3 Å². The van der Waals surface area contributed by atoms with Crippen LogP contribution in [0.5, 0.6) is 0 Å².